The van der Waals surface area contributed by atoms with Gasteiger partial charge < -0.3 is 14.6 Å². The smallest absolute Gasteiger partial charge is 0.330 e. The third-order valence-corrected chi connectivity index (χ3v) is 6.11. The highest BCUT2D eigenvalue weighted by Crippen LogP contribution is 2.26. The molecule has 0 bridgehead atoms. The Morgan fingerprint density at radius 3 is 1.76 bits per heavy atom. The Hall–Kier alpha value is -1.97. The normalized spacial score (nSPS) is 11.2. The highest BCUT2D eigenvalue weighted by molar-refractivity contribution is 5.87. The van der Waals surface area contributed by atoms with E-state index < -0.39 is 0 Å². The van der Waals surface area contributed by atoms with Crippen LogP contribution in [0.1, 0.15) is 122 Å². The summed E-state index contributed by atoms with van der Waals surface area (Å²) in [5.41, 5.74) is 0.777. The minimum Gasteiger partial charge on any atom is -0.504 e. The van der Waals surface area contributed by atoms with E-state index in [0.717, 1.165) is 18.4 Å². The van der Waals surface area contributed by atoms with Crippen LogP contribution in [0.2, 0.25) is 0 Å². The van der Waals surface area contributed by atoms with Crippen molar-refractivity contribution in [3.05, 3.63) is 29.8 Å². The molecule has 0 radical (unpaired) electrons. The third-order valence-electron chi connectivity index (χ3n) is 6.11. The first kappa shape index (κ1) is 29.1. The van der Waals surface area contributed by atoms with E-state index in [4.69, 9.17) is 9.47 Å². The molecule has 0 aliphatic carbocycles. The molecule has 0 spiro atoms. The summed E-state index contributed by atoms with van der Waals surface area (Å²) in [4.78, 5) is 11.8. The van der Waals surface area contributed by atoms with Gasteiger partial charge in [0.05, 0.1) is 13.7 Å². The van der Waals surface area contributed by atoms with Gasteiger partial charge in [0.2, 0.25) is 0 Å². The SMILES string of the molecule is CCCCCCCCCCCCCCCCCCCOC(=O)C=Cc1ccc(O)c(OC)c1. The van der Waals surface area contributed by atoms with E-state index in [-0.39, 0.29) is 11.7 Å². The maximum Gasteiger partial charge on any atom is 0.330 e. The number of esters is 1. The number of rotatable bonds is 21. The van der Waals surface area contributed by atoms with Crippen molar-refractivity contribution in [3.63, 3.8) is 0 Å². The molecule has 0 fully saturated rings. The predicted octanol–water partition coefficient (Wildman–Crippen LogP) is 8.61. The van der Waals surface area contributed by atoms with Gasteiger partial charge in [0.25, 0.3) is 0 Å². The molecule has 0 aliphatic heterocycles. The zero-order chi connectivity index (χ0) is 24.0. The summed E-state index contributed by atoms with van der Waals surface area (Å²) in [5.74, 6) is 0.128. The largest absolute Gasteiger partial charge is 0.504 e. The highest BCUT2D eigenvalue weighted by Gasteiger charge is 2.02. The quantitative estimate of drug-likeness (QED) is 0.113. The molecular formula is C29H48O4. The highest BCUT2D eigenvalue weighted by atomic mass is 16.5. The van der Waals surface area contributed by atoms with Crippen LogP contribution in [0.3, 0.4) is 0 Å². The second-order valence-corrected chi connectivity index (χ2v) is 9.09. The molecule has 0 atom stereocenters. The molecule has 1 N–H and O–H groups in total. The Bertz CT molecular complexity index is 639. The molecule has 0 unspecified atom stereocenters. The Morgan fingerprint density at radius 2 is 1.27 bits per heavy atom. The van der Waals surface area contributed by atoms with Crippen molar-refractivity contribution in [3.8, 4) is 11.5 Å². The summed E-state index contributed by atoms with van der Waals surface area (Å²) in [6.07, 6.45) is 25.8. The topological polar surface area (TPSA) is 55.8 Å². The Labute approximate surface area is 202 Å². The lowest BCUT2D eigenvalue weighted by Gasteiger charge is -2.05. The molecule has 1 rings (SSSR count). The van der Waals surface area contributed by atoms with Gasteiger partial charge in [-0.3, -0.25) is 0 Å². The van der Waals surface area contributed by atoms with Crippen LogP contribution in [0.4, 0.5) is 0 Å². The third kappa shape index (κ3) is 16.3. The van der Waals surface area contributed by atoms with Gasteiger partial charge in [-0.05, 0) is 30.2 Å². The molecule has 33 heavy (non-hydrogen) atoms. The summed E-state index contributed by atoms with van der Waals surface area (Å²) in [6.45, 7) is 2.75. The number of hydrogen-bond acceptors (Lipinski definition) is 4. The second kappa shape index (κ2) is 20.6. The van der Waals surface area contributed by atoms with E-state index in [2.05, 4.69) is 6.92 Å². The summed E-state index contributed by atoms with van der Waals surface area (Å²) in [7, 11) is 1.50. The summed E-state index contributed by atoms with van der Waals surface area (Å²) >= 11 is 0. The summed E-state index contributed by atoms with van der Waals surface area (Å²) in [5, 5.41) is 9.59. The maximum atomic E-state index is 11.8. The molecule has 4 nitrogen and oxygen atoms in total. The van der Waals surface area contributed by atoms with Crippen molar-refractivity contribution in [2.24, 2.45) is 0 Å². The lowest BCUT2D eigenvalue weighted by molar-refractivity contribution is -0.137. The second-order valence-electron chi connectivity index (χ2n) is 9.09. The minimum atomic E-state index is -0.335. The molecule has 1 aromatic rings. The van der Waals surface area contributed by atoms with Crippen LogP contribution < -0.4 is 4.74 Å². The van der Waals surface area contributed by atoms with Gasteiger partial charge in [0, 0.05) is 6.08 Å². The van der Waals surface area contributed by atoms with Crippen LogP contribution in [0.25, 0.3) is 6.08 Å². The summed E-state index contributed by atoms with van der Waals surface area (Å²) in [6, 6.07) is 4.94. The van der Waals surface area contributed by atoms with Crippen molar-refractivity contribution in [1.82, 2.24) is 0 Å². The van der Waals surface area contributed by atoms with Gasteiger partial charge in [-0.2, -0.15) is 0 Å². The van der Waals surface area contributed by atoms with Gasteiger partial charge in [0.15, 0.2) is 11.5 Å². The van der Waals surface area contributed by atoms with Crippen molar-refractivity contribution in [1.29, 1.82) is 0 Å². The number of benzene rings is 1. The van der Waals surface area contributed by atoms with E-state index >= 15 is 0 Å². The number of unbranched alkanes of at least 4 members (excludes halogenated alkanes) is 16. The van der Waals surface area contributed by atoms with E-state index in [1.807, 2.05) is 0 Å². The number of carbonyl (C=O) groups excluding carboxylic acids is 1. The number of methoxy groups -OCH3 is 1. The minimum absolute atomic E-state index is 0.0797. The van der Waals surface area contributed by atoms with Crippen LogP contribution in [-0.2, 0) is 9.53 Å². The number of aromatic hydroxyl groups is 1. The van der Waals surface area contributed by atoms with Crippen LogP contribution in [-0.4, -0.2) is 24.8 Å². The average molecular weight is 461 g/mol. The number of ether oxygens (including phenoxy) is 2. The molecule has 0 saturated carbocycles. The van der Waals surface area contributed by atoms with Gasteiger partial charge in [-0.25, -0.2) is 4.79 Å². The van der Waals surface area contributed by atoms with E-state index in [0.29, 0.717) is 12.4 Å². The molecule has 0 saturated heterocycles. The van der Waals surface area contributed by atoms with Gasteiger partial charge in [0.1, 0.15) is 0 Å². The fourth-order valence-electron chi connectivity index (χ4n) is 4.01. The molecule has 188 valence electrons. The van der Waals surface area contributed by atoms with E-state index in [1.165, 1.54) is 109 Å². The Morgan fingerprint density at radius 1 is 0.788 bits per heavy atom. The first-order valence-electron chi connectivity index (χ1n) is 13.4. The Kier molecular flexibility index (Phi) is 18.2. The summed E-state index contributed by atoms with van der Waals surface area (Å²) < 4.78 is 10.3. The van der Waals surface area contributed by atoms with Gasteiger partial charge in [-0.1, -0.05) is 116 Å². The predicted molar refractivity (Wildman–Crippen MR) is 139 cm³/mol. The molecule has 4 heteroatoms. The van der Waals surface area contributed by atoms with E-state index in [1.54, 1.807) is 24.3 Å². The van der Waals surface area contributed by atoms with Crippen molar-refractivity contribution in [2.45, 2.75) is 116 Å². The van der Waals surface area contributed by atoms with Crippen molar-refractivity contribution < 1.29 is 19.4 Å². The van der Waals surface area contributed by atoms with Crippen molar-refractivity contribution in [2.75, 3.05) is 13.7 Å². The van der Waals surface area contributed by atoms with Crippen LogP contribution >= 0.6 is 0 Å². The zero-order valence-corrected chi connectivity index (χ0v) is 21.3. The van der Waals surface area contributed by atoms with Gasteiger partial charge >= 0.3 is 5.97 Å². The fourth-order valence-corrected chi connectivity index (χ4v) is 4.01. The number of hydrogen-bond donors (Lipinski definition) is 1. The molecule has 0 aromatic heterocycles. The molecule has 0 amide bonds. The maximum absolute atomic E-state index is 11.8. The number of phenolic OH excluding ortho intramolecular Hbond substituents is 1. The zero-order valence-electron chi connectivity index (χ0n) is 21.3. The molecule has 0 heterocycles. The van der Waals surface area contributed by atoms with Crippen molar-refractivity contribution >= 4 is 12.0 Å². The van der Waals surface area contributed by atoms with Gasteiger partial charge in [-0.15, -0.1) is 0 Å². The first-order valence-corrected chi connectivity index (χ1v) is 13.4. The monoisotopic (exact) mass is 460 g/mol. The van der Waals surface area contributed by atoms with Crippen LogP contribution in [0.5, 0.6) is 11.5 Å². The molecule has 0 aliphatic rings. The van der Waals surface area contributed by atoms with E-state index in [9.17, 15) is 9.90 Å². The number of phenols is 1. The Balaban J connectivity index is 1.87. The fraction of sp³-hybridized carbons (Fsp3) is 0.690. The average Bonchev–Trinajstić information content (AvgIpc) is 2.82. The molecule has 1 aromatic carbocycles. The molecular weight excluding hydrogens is 412 g/mol. The standard InChI is InChI=1S/C29H48O4/c1-3-4-5-6-7-8-9-10-11-12-13-14-15-16-17-18-19-24-33-29(31)23-21-26-20-22-27(30)28(25-26)32-2/h20-23,25,30H,3-19,24H2,1-2H3. The lowest BCUT2D eigenvalue weighted by Crippen LogP contribution is -2.02. The van der Waals surface area contributed by atoms with Crippen LogP contribution in [0, 0.1) is 0 Å². The van der Waals surface area contributed by atoms with Crippen LogP contribution in [0.15, 0.2) is 24.3 Å². The lowest BCUT2D eigenvalue weighted by atomic mass is 10.0. The number of carbonyl (C=O) groups is 1. The first-order chi connectivity index (χ1) is 16.2.